The van der Waals surface area contributed by atoms with E-state index in [1.807, 2.05) is 18.7 Å². The molecule has 1 N–H and O–H groups in total. The number of hydrogen-bond donors (Lipinski definition) is 1. The minimum Gasteiger partial charge on any atom is -0.368 e. The first-order valence-electron chi connectivity index (χ1n) is 11.4. The number of piperazine rings is 1. The van der Waals surface area contributed by atoms with E-state index in [1.54, 1.807) is 4.90 Å². The van der Waals surface area contributed by atoms with E-state index in [4.69, 9.17) is 0 Å². The summed E-state index contributed by atoms with van der Waals surface area (Å²) in [5, 5.41) is 2.95. The summed E-state index contributed by atoms with van der Waals surface area (Å²) < 4.78 is 0. The van der Waals surface area contributed by atoms with Gasteiger partial charge in [0, 0.05) is 50.9 Å². The maximum Gasteiger partial charge on any atom is 0.245 e. The second-order valence-corrected chi connectivity index (χ2v) is 9.71. The zero-order valence-electron chi connectivity index (χ0n) is 19.1. The van der Waals surface area contributed by atoms with E-state index < -0.39 is 11.5 Å². The summed E-state index contributed by atoms with van der Waals surface area (Å²) in [6, 6.07) is 5.87. The standard InChI is InChI=1S/C24H34N4O3/c1-16(2)21(29)28-9-8-24(15-28)14-19(25-23(24)31)22(30)27-12-10-26(11-13-27)20-7-5-6-17(3)18(20)4/h5-7,16,19H,8-15H2,1-4H3,(H,25,31)/t19-,24+/m0/s1. The Morgan fingerprint density at radius 1 is 1.06 bits per heavy atom. The van der Waals surface area contributed by atoms with E-state index in [2.05, 4.69) is 42.3 Å². The summed E-state index contributed by atoms with van der Waals surface area (Å²) in [5.41, 5.74) is 3.19. The summed E-state index contributed by atoms with van der Waals surface area (Å²) in [5.74, 6) is -0.0502. The van der Waals surface area contributed by atoms with Crippen LogP contribution in [0, 0.1) is 25.2 Å². The van der Waals surface area contributed by atoms with Crippen molar-refractivity contribution in [2.75, 3.05) is 44.2 Å². The quantitative estimate of drug-likeness (QED) is 0.799. The van der Waals surface area contributed by atoms with Gasteiger partial charge in [-0.25, -0.2) is 0 Å². The molecule has 1 aromatic carbocycles. The number of nitrogens with one attached hydrogen (secondary N) is 1. The molecule has 3 saturated heterocycles. The monoisotopic (exact) mass is 426 g/mol. The molecular weight excluding hydrogens is 392 g/mol. The van der Waals surface area contributed by atoms with E-state index in [-0.39, 0.29) is 23.6 Å². The van der Waals surface area contributed by atoms with E-state index in [9.17, 15) is 14.4 Å². The number of benzene rings is 1. The SMILES string of the molecule is Cc1cccc(N2CCN(C(=O)[C@@H]3C[C@@]4(CCN(C(=O)C(C)C)C4)C(=O)N3)CC2)c1C. The lowest BCUT2D eigenvalue weighted by Crippen LogP contribution is -2.53. The normalized spacial score (nSPS) is 26.2. The molecule has 7 nitrogen and oxygen atoms in total. The summed E-state index contributed by atoms with van der Waals surface area (Å²) in [6.45, 7) is 11.9. The minimum absolute atomic E-state index is 0.0134. The van der Waals surface area contributed by atoms with Gasteiger partial charge in [0.1, 0.15) is 6.04 Å². The van der Waals surface area contributed by atoms with Crippen molar-refractivity contribution in [2.45, 2.75) is 46.6 Å². The van der Waals surface area contributed by atoms with Crippen LogP contribution in [0.5, 0.6) is 0 Å². The van der Waals surface area contributed by atoms with Crippen molar-refractivity contribution in [1.82, 2.24) is 15.1 Å². The van der Waals surface area contributed by atoms with Crippen LogP contribution in [0.4, 0.5) is 5.69 Å². The number of carbonyl (C=O) groups is 3. The molecule has 3 fully saturated rings. The molecule has 7 heteroatoms. The lowest BCUT2D eigenvalue weighted by Gasteiger charge is -2.38. The van der Waals surface area contributed by atoms with E-state index in [1.165, 1.54) is 16.8 Å². The fourth-order valence-electron chi connectivity index (χ4n) is 5.24. The van der Waals surface area contributed by atoms with E-state index in [0.29, 0.717) is 39.0 Å². The van der Waals surface area contributed by atoms with Crippen molar-refractivity contribution in [3.05, 3.63) is 29.3 Å². The highest BCUT2D eigenvalue weighted by atomic mass is 16.2. The Hall–Kier alpha value is -2.57. The van der Waals surface area contributed by atoms with Crippen molar-refractivity contribution < 1.29 is 14.4 Å². The summed E-state index contributed by atoms with van der Waals surface area (Å²) >= 11 is 0. The number of amides is 3. The summed E-state index contributed by atoms with van der Waals surface area (Å²) in [4.78, 5) is 44.4. The van der Waals surface area contributed by atoms with E-state index >= 15 is 0 Å². The lowest BCUT2D eigenvalue weighted by molar-refractivity contribution is -0.135. The van der Waals surface area contributed by atoms with Gasteiger partial charge in [-0.1, -0.05) is 26.0 Å². The third kappa shape index (κ3) is 3.90. The number of nitrogens with zero attached hydrogens (tertiary/aromatic N) is 3. The maximum absolute atomic E-state index is 13.2. The highest BCUT2D eigenvalue weighted by Crippen LogP contribution is 2.40. The van der Waals surface area contributed by atoms with Crippen LogP contribution in [0.15, 0.2) is 18.2 Å². The first-order valence-corrected chi connectivity index (χ1v) is 11.4. The first kappa shape index (κ1) is 21.7. The molecule has 31 heavy (non-hydrogen) atoms. The summed E-state index contributed by atoms with van der Waals surface area (Å²) in [7, 11) is 0. The van der Waals surface area contributed by atoms with Crippen LogP contribution in [-0.4, -0.2) is 72.8 Å². The molecular formula is C24H34N4O3. The van der Waals surface area contributed by atoms with Crippen LogP contribution >= 0.6 is 0 Å². The second kappa shape index (κ2) is 8.17. The van der Waals surface area contributed by atoms with Crippen LogP contribution in [0.3, 0.4) is 0 Å². The number of rotatable bonds is 3. The van der Waals surface area contributed by atoms with Crippen molar-refractivity contribution >= 4 is 23.4 Å². The van der Waals surface area contributed by atoms with Gasteiger partial charge < -0.3 is 20.0 Å². The molecule has 1 spiro atoms. The average molecular weight is 427 g/mol. The zero-order valence-corrected chi connectivity index (χ0v) is 19.1. The fraction of sp³-hybridized carbons (Fsp3) is 0.625. The molecule has 0 radical (unpaired) electrons. The molecule has 3 heterocycles. The molecule has 0 saturated carbocycles. The molecule has 168 valence electrons. The first-order chi connectivity index (χ1) is 14.7. The van der Waals surface area contributed by atoms with Crippen molar-refractivity contribution in [1.29, 1.82) is 0 Å². The Balaban J connectivity index is 1.36. The van der Waals surface area contributed by atoms with Gasteiger partial charge in [-0.15, -0.1) is 0 Å². The molecule has 0 aliphatic carbocycles. The molecule has 4 rings (SSSR count). The highest BCUT2D eigenvalue weighted by Gasteiger charge is 2.54. The average Bonchev–Trinajstić information content (AvgIpc) is 3.33. The summed E-state index contributed by atoms with van der Waals surface area (Å²) in [6.07, 6.45) is 1.13. The van der Waals surface area contributed by atoms with E-state index in [0.717, 1.165) is 13.1 Å². The van der Waals surface area contributed by atoms with Gasteiger partial charge in [0.2, 0.25) is 17.7 Å². The highest BCUT2D eigenvalue weighted by molar-refractivity contribution is 5.95. The van der Waals surface area contributed by atoms with Gasteiger partial charge >= 0.3 is 0 Å². The Morgan fingerprint density at radius 2 is 1.77 bits per heavy atom. The molecule has 0 unspecified atom stereocenters. The van der Waals surface area contributed by atoms with Crippen molar-refractivity contribution in [3.63, 3.8) is 0 Å². The maximum atomic E-state index is 13.2. The van der Waals surface area contributed by atoms with Crippen LogP contribution in [-0.2, 0) is 14.4 Å². The predicted octanol–water partition coefficient (Wildman–Crippen LogP) is 1.72. The predicted molar refractivity (Wildman–Crippen MR) is 120 cm³/mol. The molecule has 1 aromatic rings. The number of anilines is 1. The zero-order chi connectivity index (χ0) is 22.3. The van der Waals surface area contributed by atoms with Crippen LogP contribution in [0.25, 0.3) is 0 Å². The number of aryl methyl sites for hydroxylation is 1. The van der Waals surface area contributed by atoms with Gasteiger partial charge in [0.25, 0.3) is 0 Å². The largest absolute Gasteiger partial charge is 0.368 e. The molecule has 2 atom stereocenters. The Labute approximate surface area is 184 Å². The van der Waals surface area contributed by atoms with Crippen LogP contribution in [0.1, 0.15) is 37.8 Å². The Morgan fingerprint density at radius 3 is 2.45 bits per heavy atom. The number of likely N-dealkylation sites (tertiary alicyclic amines) is 1. The lowest BCUT2D eigenvalue weighted by atomic mass is 9.83. The fourth-order valence-corrected chi connectivity index (χ4v) is 5.24. The molecule has 3 aliphatic rings. The number of carbonyl (C=O) groups excluding carboxylic acids is 3. The minimum atomic E-state index is -0.606. The molecule has 0 aromatic heterocycles. The van der Waals surface area contributed by atoms with Crippen LogP contribution < -0.4 is 10.2 Å². The van der Waals surface area contributed by atoms with Crippen molar-refractivity contribution in [2.24, 2.45) is 11.3 Å². The van der Waals surface area contributed by atoms with Gasteiger partial charge in [0.05, 0.1) is 5.41 Å². The van der Waals surface area contributed by atoms with Gasteiger partial charge in [-0.3, -0.25) is 14.4 Å². The number of hydrogen-bond acceptors (Lipinski definition) is 4. The molecule has 3 aliphatic heterocycles. The van der Waals surface area contributed by atoms with Gasteiger partial charge in [0.15, 0.2) is 0 Å². The Kier molecular flexibility index (Phi) is 5.71. The third-order valence-corrected chi connectivity index (χ3v) is 7.35. The molecule has 0 bridgehead atoms. The second-order valence-electron chi connectivity index (χ2n) is 9.71. The van der Waals surface area contributed by atoms with Gasteiger partial charge in [-0.2, -0.15) is 0 Å². The third-order valence-electron chi connectivity index (χ3n) is 7.35. The van der Waals surface area contributed by atoms with Crippen LogP contribution in [0.2, 0.25) is 0 Å². The topological polar surface area (TPSA) is 73.0 Å². The van der Waals surface area contributed by atoms with Crippen molar-refractivity contribution in [3.8, 4) is 0 Å². The smallest absolute Gasteiger partial charge is 0.245 e. The Bertz CT molecular complexity index is 891. The molecule has 3 amide bonds. The van der Waals surface area contributed by atoms with Gasteiger partial charge in [-0.05, 0) is 43.9 Å².